The van der Waals surface area contributed by atoms with Gasteiger partial charge in [-0.2, -0.15) is 0 Å². The standard InChI is InChI=1S/C24H37N3O3/c1-4-19-11-7-10-14-27(19)24(30)21-17-25(15-18(2)3)16-20(22(21)28)23(29)26-12-8-5-6-9-13-26/h16-19H,4-15H2,1-3H3/t19-/m1/s1. The van der Waals surface area contributed by atoms with Gasteiger partial charge in [0.25, 0.3) is 11.8 Å². The molecule has 0 aromatic carbocycles. The van der Waals surface area contributed by atoms with E-state index in [1.54, 1.807) is 17.3 Å². The second-order valence-corrected chi connectivity index (χ2v) is 9.27. The Morgan fingerprint density at radius 2 is 1.53 bits per heavy atom. The fourth-order valence-electron chi connectivity index (χ4n) is 4.75. The van der Waals surface area contributed by atoms with E-state index in [-0.39, 0.29) is 29.0 Å². The van der Waals surface area contributed by atoms with Gasteiger partial charge in [0.1, 0.15) is 11.1 Å². The maximum Gasteiger partial charge on any atom is 0.259 e. The molecule has 0 aliphatic carbocycles. The van der Waals surface area contributed by atoms with Crippen LogP contribution in [0.5, 0.6) is 0 Å². The molecule has 0 spiro atoms. The topological polar surface area (TPSA) is 62.6 Å². The average molecular weight is 416 g/mol. The lowest BCUT2D eigenvalue weighted by molar-refractivity contribution is 0.0605. The van der Waals surface area contributed by atoms with Crippen LogP contribution in [0.4, 0.5) is 0 Å². The van der Waals surface area contributed by atoms with Gasteiger partial charge < -0.3 is 14.4 Å². The van der Waals surface area contributed by atoms with Crippen molar-refractivity contribution in [3.8, 4) is 0 Å². The van der Waals surface area contributed by atoms with Crippen LogP contribution in [0.15, 0.2) is 17.2 Å². The van der Waals surface area contributed by atoms with E-state index in [9.17, 15) is 14.4 Å². The number of rotatable bonds is 5. The van der Waals surface area contributed by atoms with Crippen molar-refractivity contribution in [2.45, 2.75) is 84.7 Å². The van der Waals surface area contributed by atoms with Crippen LogP contribution in [-0.2, 0) is 6.54 Å². The molecule has 1 atom stereocenters. The monoisotopic (exact) mass is 415 g/mol. The van der Waals surface area contributed by atoms with Gasteiger partial charge in [0.2, 0.25) is 5.43 Å². The van der Waals surface area contributed by atoms with Crippen molar-refractivity contribution in [3.05, 3.63) is 33.7 Å². The molecule has 1 aromatic heterocycles. The smallest absolute Gasteiger partial charge is 0.259 e. The number of likely N-dealkylation sites (tertiary alicyclic amines) is 2. The first kappa shape index (κ1) is 22.6. The van der Waals surface area contributed by atoms with E-state index in [1.165, 1.54) is 0 Å². The summed E-state index contributed by atoms with van der Waals surface area (Å²) in [6, 6.07) is 0.175. The van der Waals surface area contributed by atoms with E-state index in [1.807, 2.05) is 9.47 Å². The number of piperidine rings is 1. The zero-order valence-electron chi connectivity index (χ0n) is 18.9. The molecule has 0 N–H and O–H groups in total. The van der Waals surface area contributed by atoms with E-state index >= 15 is 0 Å². The first-order valence-electron chi connectivity index (χ1n) is 11.8. The summed E-state index contributed by atoms with van der Waals surface area (Å²) in [7, 11) is 0. The molecule has 2 aliphatic heterocycles. The molecule has 1 aromatic rings. The Kier molecular flexibility index (Phi) is 7.73. The lowest BCUT2D eigenvalue weighted by atomic mass is 9.98. The van der Waals surface area contributed by atoms with Gasteiger partial charge in [0.15, 0.2) is 0 Å². The van der Waals surface area contributed by atoms with Gasteiger partial charge in [-0.15, -0.1) is 0 Å². The number of amides is 2. The molecule has 0 unspecified atom stereocenters. The Balaban J connectivity index is 1.99. The highest BCUT2D eigenvalue weighted by molar-refractivity contribution is 5.99. The zero-order chi connectivity index (χ0) is 21.7. The Morgan fingerprint density at radius 3 is 2.13 bits per heavy atom. The number of nitrogens with zero attached hydrogens (tertiary/aromatic N) is 3. The van der Waals surface area contributed by atoms with Gasteiger partial charge in [-0.1, -0.05) is 33.6 Å². The van der Waals surface area contributed by atoms with Crippen molar-refractivity contribution in [1.82, 2.24) is 14.4 Å². The van der Waals surface area contributed by atoms with Crippen LogP contribution >= 0.6 is 0 Å². The summed E-state index contributed by atoms with van der Waals surface area (Å²) in [5.74, 6) is -0.0933. The Bertz CT molecular complexity index is 806. The molecule has 0 bridgehead atoms. The summed E-state index contributed by atoms with van der Waals surface area (Å²) in [6.45, 7) is 8.99. The summed E-state index contributed by atoms with van der Waals surface area (Å²) in [6.07, 6.45) is 11.5. The maximum absolute atomic E-state index is 13.4. The first-order valence-corrected chi connectivity index (χ1v) is 11.8. The average Bonchev–Trinajstić information content (AvgIpc) is 3.03. The number of aromatic nitrogens is 1. The molecular formula is C24H37N3O3. The minimum atomic E-state index is -0.408. The van der Waals surface area contributed by atoms with Gasteiger partial charge in [0, 0.05) is 44.6 Å². The maximum atomic E-state index is 13.4. The van der Waals surface area contributed by atoms with Crippen molar-refractivity contribution < 1.29 is 9.59 Å². The van der Waals surface area contributed by atoms with E-state index in [4.69, 9.17) is 0 Å². The molecule has 6 heteroatoms. The SMILES string of the molecule is CC[C@@H]1CCCCN1C(=O)c1cn(CC(C)C)cc(C(=O)N2CCCCCC2)c1=O. The van der Waals surface area contributed by atoms with E-state index in [0.29, 0.717) is 32.1 Å². The van der Waals surface area contributed by atoms with Crippen LogP contribution in [0.3, 0.4) is 0 Å². The van der Waals surface area contributed by atoms with Crippen LogP contribution in [0.2, 0.25) is 0 Å². The summed E-state index contributed by atoms with van der Waals surface area (Å²) < 4.78 is 1.87. The minimum Gasteiger partial charge on any atom is -0.352 e. The quantitative estimate of drug-likeness (QED) is 0.732. The largest absolute Gasteiger partial charge is 0.352 e. The third-order valence-corrected chi connectivity index (χ3v) is 6.37. The Hall–Kier alpha value is -2.11. The molecule has 166 valence electrons. The highest BCUT2D eigenvalue weighted by atomic mass is 16.2. The van der Waals surface area contributed by atoms with Gasteiger partial charge in [-0.05, 0) is 44.4 Å². The highest BCUT2D eigenvalue weighted by Crippen LogP contribution is 2.21. The fourth-order valence-corrected chi connectivity index (χ4v) is 4.75. The van der Waals surface area contributed by atoms with Crippen LogP contribution < -0.4 is 5.43 Å². The van der Waals surface area contributed by atoms with Crippen LogP contribution in [0, 0.1) is 5.92 Å². The molecule has 3 heterocycles. The lowest BCUT2D eigenvalue weighted by Crippen LogP contribution is -2.46. The molecule has 0 radical (unpaired) electrons. The molecule has 2 amide bonds. The van der Waals surface area contributed by atoms with Crippen molar-refractivity contribution in [2.24, 2.45) is 5.92 Å². The zero-order valence-corrected chi connectivity index (χ0v) is 18.9. The van der Waals surface area contributed by atoms with Gasteiger partial charge in [0.05, 0.1) is 0 Å². The molecule has 2 aliphatic rings. The van der Waals surface area contributed by atoms with Crippen molar-refractivity contribution in [2.75, 3.05) is 19.6 Å². The molecule has 0 saturated carbocycles. The predicted molar refractivity (Wildman–Crippen MR) is 119 cm³/mol. The number of hydrogen-bond acceptors (Lipinski definition) is 3. The molecule has 6 nitrogen and oxygen atoms in total. The fraction of sp³-hybridized carbons (Fsp3) is 0.708. The predicted octanol–water partition coefficient (Wildman–Crippen LogP) is 3.93. The number of hydrogen-bond donors (Lipinski definition) is 0. The normalized spacial score (nSPS) is 20.3. The third-order valence-electron chi connectivity index (χ3n) is 6.37. The summed E-state index contributed by atoms with van der Waals surface area (Å²) in [5.41, 5.74) is -0.111. The van der Waals surface area contributed by atoms with E-state index in [2.05, 4.69) is 20.8 Å². The molecule has 2 saturated heterocycles. The van der Waals surface area contributed by atoms with Gasteiger partial charge in [-0.3, -0.25) is 14.4 Å². The second kappa shape index (κ2) is 10.3. The number of carbonyl (C=O) groups is 2. The summed E-state index contributed by atoms with van der Waals surface area (Å²) >= 11 is 0. The Labute approximate surface area is 180 Å². The molecule has 2 fully saturated rings. The van der Waals surface area contributed by atoms with Crippen molar-refractivity contribution in [3.63, 3.8) is 0 Å². The van der Waals surface area contributed by atoms with Crippen molar-refractivity contribution >= 4 is 11.8 Å². The minimum absolute atomic E-state index is 0.147. The second-order valence-electron chi connectivity index (χ2n) is 9.27. The molecule has 30 heavy (non-hydrogen) atoms. The van der Waals surface area contributed by atoms with Crippen LogP contribution in [0.25, 0.3) is 0 Å². The van der Waals surface area contributed by atoms with Crippen molar-refractivity contribution in [1.29, 1.82) is 0 Å². The van der Waals surface area contributed by atoms with Gasteiger partial charge >= 0.3 is 0 Å². The lowest BCUT2D eigenvalue weighted by Gasteiger charge is -2.35. The summed E-state index contributed by atoms with van der Waals surface area (Å²) in [4.78, 5) is 43.7. The summed E-state index contributed by atoms with van der Waals surface area (Å²) in [5, 5.41) is 0. The van der Waals surface area contributed by atoms with E-state index in [0.717, 1.165) is 51.4 Å². The first-order chi connectivity index (χ1) is 14.4. The van der Waals surface area contributed by atoms with E-state index < -0.39 is 5.43 Å². The molecular weight excluding hydrogens is 378 g/mol. The number of carbonyl (C=O) groups excluding carboxylic acids is 2. The van der Waals surface area contributed by atoms with Crippen LogP contribution in [-0.4, -0.2) is 51.9 Å². The van der Waals surface area contributed by atoms with Gasteiger partial charge in [-0.25, -0.2) is 0 Å². The Morgan fingerprint density at radius 1 is 0.933 bits per heavy atom. The highest BCUT2D eigenvalue weighted by Gasteiger charge is 2.30. The molecule has 3 rings (SSSR count). The number of pyridine rings is 1. The third kappa shape index (κ3) is 5.13. The van der Waals surface area contributed by atoms with Crippen LogP contribution in [0.1, 0.15) is 92.9 Å².